The van der Waals surface area contributed by atoms with Gasteiger partial charge in [-0.1, -0.05) is 22.9 Å². The molecule has 0 spiro atoms. The highest BCUT2D eigenvalue weighted by atomic mass is 16.5. The lowest BCUT2D eigenvalue weighted by Gasteiger charge is -2.06. The van der Waals surface area contributed by atoms with E-state index in [4.69, 9.17) is 14.0 Å². The van der Waals surface area contributed by atoms with Gasteiger partial charge in [0.2, 0.25) is 0 Å². The van der Waals surface area contributed by atoms with Crippen molar-refractivity contribution >= 4 is 0 Å². The molecular weight excluding hydrogens is 254 g/mol. The summed E-state index contributed by atoms with van der Waals surface area (Å²) in [5.41, 5.74) is 2.09. The molecule has 1 aromatic carbocycles. The van der Waals surface area contributed by atoms with Crippen molar-refractivity contribution in [2.45, 2.75) is 33.3 Å². The minimum atomic E-state index is 0.510. The molecule has 0 radical (unpaired) electrons. The van der Waals surface area contributed by atoms with Gasteiger partial charge in [-0.2, -0.15) is 0 Å². The second-order valence-corrected chi connectivity index (χ2v) is 4.85. The summed E-state index contributed by atoms with van der Waals surface area (Å²) >= 11 is 0. The van der Waals surface area contributed by atoms with Crippen LogP contribution in [0.4, 0.5) is 0 Å². The van der Waals surface area contributed by atoms with Crippen LogP contribution in [0, 0.1) is 13.8 Å². The predicted molar refractivity (Wildman–Crippen MR) is 76.8 cm³/mol. The van der Waals surface area contributed by atoms with Crippen molar-refractivity contribution in [2.24, 2.45) is 0 Å². The van der Waals surface area contributed by atoms with E-state index in [0.717, 1.165) is 36.7 Å². The molecule has 0 aliphatic rings. The highest BCUT2D eigenvalue weighted by Crippen LogP contribution is 2.11. The Kier molecular flexibility index (Phi) is 5.62. The monoisotopic (exact) mass is 275 g/mol. The summed E-state index contributed by atoms with van der Waals surface area (Å²) in [5.74, 6) is 1.74. The van der Waals surface area contributed by atoms with E-state index in [-0.39, 0.29) is 0 Å². The molecule has 0 fully saturated rings. The molecule has 4 nitrogen and oxygen atoms in total. The molecule has 2 rings (SSSR count). The van der Waals surface area contributed by atoms with Gasteiger partial charge in [0.25, 0.3) is 0 Å². The third-order valence-corrected chi connectivity index (χ3v) is 2.90. The molecule has 0 bridgehead atoms. The summed E-state index contributed by atoms with van der Waals surface area (Å²) in [6, 6.07) is 9.99. The lowest BCUT2D eigenvalue weighted by Crippen LogP contribution is -2.01. The van der Waals surface area contributed by atoms with Crippen molar-refractivity contribution in [1.82, 2.24) is 5.16 Å². The number of ether oxygens (including phenoxy) is 2. The number of unbranched alkanes of at least 4 members (excludes halogenated alkanes) is 1. The molecular formula is C16H21NO3. The molecule has 0 N–H and O–H groups in total. The topological polar surface area (TPSA) is 44.5 Å². The van der Waals surface area contributed by atoms with E-state index in [1.54, 1.807) is 0 Å². The van der Waals surface area contributed by atoms with E-state index in [1.165, 1.54) is 5.56 Å². The maximum Gasteiger partial charge on any atom is 0.134 e. The Bertz CT molecular complexity index is 505. The Morgan fingerprint density at radius 3 is 2.50 bits per heavy atom. The number of aryl methyl sites for hydroxylation is 2. The van der Waals surface area contributed by atoms with E-state index in [0.29, 0.717) is 13.2 Å². The van der Waals surface area contributed by atoms with Crippen LogP contribution in [-0.4, -0.2) is 18.4 Å². The van der Waals surface area contributed by atoms with Crippen LogP contribution in [-0.2, 0) is 11.3 Å². The van der Waals surface area contributed by atoms with Crippen molar-refractivity contribution in [1.29, 1.82) is 0 Å². The average Bonchev–Trinajstić information content (AvgIpc) is 2.85. The summed E-state index contributed by atoms with van der Waals surface area (Å²) < 4.78 is 16.1. The van der Waals surface area contributed by atoms with Crippen LogP contribution >= 0.6 is 0 Å². The zero-order chi connectivity index (χ0) is 14.2. The first-order chi connectivity index (χ1) is 9.74. The van der Waals surface area contributed by atoms with Gasteiger partial charge >= 0.3 is 0 Å². The molecule has 1 aromatic heterocycles. The van der Waals surface area contributed by atoms with Crippen LogP contribution in [0.1, 0.15) is 29.9 Å². The zero-order valence-corrected chi connectivity index (χ0v) is 12.1. The van der Waals surface area contributed by atoms with Gasteiger partial charge in [0.05, 0.1) is 13.2 Å². The molecule has 0 unspecified atom stereocenters. The molecule has 0 atom stereocenters. The summed E-state index contributed by atoms with van der Waals surface area (Å²) in [7, 11) is 0. The lowest BCUT2D eigenvalue weighted by molar-refractivity contribution is 0.109. The molecule has 0 aliphatic carbocycles. The van der Waals surface area contributed by atoms with Crippen LogP contribution < -0.4 is 4.74 Å². The maximum absolute atomic E-state index is 5.65. The number of benzene rings is 1. The van der Waals surface area contributed by atoms with Crippen molar-refractivity contribution < 1.29 is 14.0 Å². The SMILES string of the molecule is Cc1ccc(OCCCCOCc2cc(C)on2)cc1. The van der Waals surface area contributed by atoms with Gasteiger partial charge in [0, 0.05) is 12.7 Å². The zero-order valence-electron chi connectivity index (χ0n) is 12.1. The maximum atomic E-state index is 5.65. The predicted octanol–water partition coefficient (Wildman–Crippen LogP) is 3.67. The highest BCUT2D eigenvalue weighted by Gasteiger charge is 2.00. The van der Waals surface area contributed by atoms with E-state index >= 15 is 0 Å². The normalized spacial score (nSPS) is 10.7. The number of hydrogen-bond acceptors (Lipinski definition) is 4. The molecule has 0 saturated carbocycles. The van der Waals surface area contributed by atoms with E-state index < -0.39 is 0 Å². The van der Waals surface area contributed by atoms with Crippen LogP contribution in [0.3, 0.4) is 0 Å². The highest BCUT2D eigenvalue weighted by molar-refractivity contribution is 5.26. The van der Waals surface area contributed by atoms with Gasteiger partial charge in [-0.3, -0.25) is 0 Å². The molecule has 2 aromatic rings. The van der Waals surface area contributed by atoms with Crippen molar-refractivity contribution in [3.63, 3.8) is 0 Å². The second-order valence-electron chi connectivity index (χ2n) is 4.85. The number of nitrogens with zero attached hydrogens (tertiary/aromatic N) is 1. The van der Waals surface area contributed by atoms with Crippen molar-refractivity contribution in [3.05, 3.63) is 47.3 Å². The van der Waals surface area contributed by atoms with Gasteiger partial charge in [-0.05, 0) is 38.8 Å². The minimum Gasteiger partial charge on any atom is -0.494 e. The van der Waals surface area contributed by atoms with Gasteiger partial charge in [-0.15, -0.1) is 0 Å². The first-order valence-electron chi connectivity index (χ1n) is 6.93. The molecule has 0 saturated heterocycles. The summed E-state index contributed by atoms with van der Waals surface area (Å²) in [6.45, 7) is 5.88. The lowest BCUT2D eigenvalue weighted by atomic mass is 10.2. The Labute approximate surface area is 119 Å². The summed E-state index contributed by atoms with van der Waals surface area (Å²) in [5, 5.41) is 3.87. The first-order valence-corrected chi connectivity index (χ1v) is 6.93. The van der Waals surface area contributed by atoms with Gasteiger partial charge in [0.1, 0.15) is 17.2 Å². The molecule has 0 aliphatic heterocycles. The molecule has 1 heterocycles. The van der Waals surface area contributed by atoms with E-state index in [9.17, 15) is 0 Å². The molecule has 108 valence electrons. The summed E-state index contributed by atoms with van der Waals surface area (Å²) in [4.78, 5) is 0. The summed E-state index contributed by atoms with van der Waals surface area (Å²) in [6.07, 6.45) is 1.95. The fraction of sp³-hybridized carbons (Fsp3) is 0.438. The fourth-order valence-electron chi connectivity index (χ4n) is 1.79. The molecule has 0 amide bonds. The Hall–Kier alpha value is -1.81. The van der Waals surface area contributed by atoms with Crippen molar-refractivity contribution in [2.75, 3.05) is 13.2 Å². The number of aromatic nitrogens is 1. The second kappa shape index (κ2) is 7.70. The quantitative estimate of drug-likeness (QED) is 0.689. The third kappa shape index (κ3) is 5.05. The Balaban J connectivity index is 1.50. The third-order valence-electron chi connectivity index (χ3n) is 2.90. The van der Waals surface area contributed by atoms with Crippen LogP contribution in [0.5, 0.6) is 5.75 Å². The Morgan fingerprint density at radius 2 is 1.80 bits per heavy atom. The molecule has 4 heteroatoms. The van der Waals surface area contributed by atoms with E-state index in [2.05, 4.69) is 24.2 Å². The fourth-order valence-corrected chi connectivity index (χ4v) is 1.79. The van der Waals surface area contributed by atoms with Crippen molar-refractivity contribution in [3.8, 4) is 5.75 Å². The van der Waals surface area contributed by atoms with Crippen LogP contribution in [0.2, 0.25) is 0 Å². The number of hydrogen-bond donors (Lipinski definition) is 0. The number of rotatable bonds is 8. The van der Waals surface area contributed by atoms with Gasteiger partial charge < -0.3 is 14.0 Å². The average molecular weight is 275 g/mol. The largest absolute Gasteiger partial charge is 0.494 e. The van der Waals surface area contributed by atoms with Gasteiger partial charge in [0.15, 0.2) is 0 Å². The first kappa shape index (κ1) is 14.6. The van der Waals surface area contributed by atoms with E-state index in [1.807, 2.05) is 25.1 Å². The minimum absolute atomic E-state index is 0.510. The van der Waals surface area contributed by atoms with Crippen LogP contribution in [0.25, 0.3) is 0 Å². The Morgan fingerprint density at radius 1 is 1.05 bits per heavy atom. The standard InChI is InChI=1S/C16H21NO3/c1-13-5-7-16(8-6-13)19-10-4-3-9-18-12-15-11-14(2)20-17-15/h5-8,11H,3-4,9-10,12H2,1-2H3. The molecule has 20 heavy (non-hydrogen) atoms. The smallest absolute Gasteiger partial charge is 0.134 e. The van der Waals surface area contributed by atoms with Gasteiger partial charge in [-0.25, -0.2) is 0 Å². The van der Waals surface area contributed by atoms with Crippen LogP contribution in [0.15, 0.2) is 34.9 Å².